The fraction of sp³-hybridized carbons (Fsp3) is 0.211. The highest BCUT2D eigenvalue weighted by Gasteiger charge is 2.11. The van der Waals surface area contributed by atoms with Crippen LogP contribution in [0.2, 0.25) is 0 Å². The number of aromatic nitrogens is 2. The molecule has 1 heterocycles. The van der Waals surface area contributed by atoms with E-state index in [9.17, 15) is 9.18 Å². The van der Waals surface area contributed by atoms with E-state index in [2.05, 4.69) is 20.4 Å². The average Bonchev–Trinajstić information content (AvgIpc) is 3.08. The van der Waals surface area contributed by atoms with Gasteiger partial charge in [0.25, 0.3) is 5.91 Å². The lowest BCUT2D eigenvalue weighted by atomic mass is 10.1. The van der Waals surface area contributed by atoms with E-state index < -0.39 is 0 Å². The van der Waals surface area contributed by atoms with E-state index in [0.717, 1.165) is 22.0 Å². The molecule has 2 aromatic carbocycles. The first-order valence-electron chi connectivity index (χ1n) is 8.25. The number of halogens is 1. The monoisotopic (exact) mass is 402 g/mol. The van der Waals surface area contributed by atoms with Gasteiger partial charge >= 0.3 is 0 Å². The number of thioether (sulfide) groups is 1. The molecule has 0 aliphatic heterocycles. The highest BCUT2D eigenvalue weighted by Crippen LogP contribution is 2.28. The Kier molecular flexibility index (Phi) is 6.54. The van der Waals surface area contributed by atoms with Gasteiger partial charge in [-0.15, -0.1) is 10.2 Å². The van der Waals surface area contributed by atoms with E-state index in [1.807, 2.05) is 26.2 Å². The molecule has 0 aliphatic carbocycles. The Morgan fingerprint density at radius 1 is 1.07 bits per heavy atom. The predicted octanol–water partition coefficient (Wildman–Crippen LogP) is 4.28. The van der Waals surface area contributed by atoms with Gasteiger partial charge in [0.15, 0.2) is 4.34 Å². The molecule has 0 fully saturated rings. The van der Waals surface area contributed by atoms with Crippen molar-refractivity contribution >= 4 is 34.1 Å². The van der Waals surface area contributed by atoms with Crippen LogP contribution < -0.4 is 5.32 Å². The summed E-state index contributed by atoms with van der Waals surface area (Å²) in [5.74, 6) is 0.202. The third-order valence-electron chi connectivity index (χ3n) is 3.62. The molecule has 0 spiro atoms. The van der Waals surface area contributed by atoms with Gasteiger partial charge in [-0.3, -0.25) is 10.1 Å². The SMILES string of the molecule is CN(C)Cc1ccc(C(=O)Nc2nnc(SCc3ccc(F)cc3)s2)cc1. The van der Waals surface area contributed by atoms with Crippen LogP contribution in [0.3, 0.4) is 0 Å². The Morgan fingerprint density at radius 2 is 1.74 bits per heavy atom. The second kappa shape index (κ2) is 9.07. The van der Waals surface area contributed by atoms with Crippen molar-refractivity contribution in [3.05, 3.63) is 71.0 Å². The number of benzene rings is 2. The van der Waals surface area contributed by atoms with Crippen LogP contribution in [-0.2, 0) is 12.3 Å². The maximum atomic E-state index is 12.9. The van der Waals surface area contributed by atoms with Crippen LogP contribution in [0.15, 0.2) is 52.9 Å². The van der Waals surface area contributed by atoms with Gasteiger partial charge in [-0.25, -0.2) is 4.39 Å². The molecule has 1 aromatic heterocycles. The maximum absolute atomic E-state index is 12.9. The summed E-state index contributed by atoms with van der Waals surface area (Å²) in [4.78, 5) is 14.4. The fourth-order valence-corrected chi connectivity index (χ4v) is 4.04. The van der Waals surface area contributed by atoms with E-state index in [0.29, 0.717) is 16.4 Å². The molecule has 3 rings (SSSR count). The largest absolute Gasteiger partial charge is 0.305 e. The van der Waals surface area contributed by atoms with Crippen molar-refractivity contribution < 1.29 is 9.18 Å². The maximum Gasteiger partial charge on any atom is 0.257 e. The van der Waals surface area contributed by atoms with Crippen molar-refractivity contribution in [1.29, 1.82) is 0 Å². The Labute approximate surface area is 165 Å². The molecule has 140 valence electrons. The minimum Gasteiger partial charge on any atom is -0.305 e. The van der Waals surface area contributed by atoms with Crippen LogP contribution in [-0.4, -0.2) is 35.1 Å². The lowest BCUT2D eigenvalue weighted by molar-refractivity contribution is 0.102. The Hall–Kier alpha value is -2.29. The van der Waals surface area contributed by atoms with Crippen LogP contribution in [0.4, 0.5) is 9.52 Å². The van der Waals surface area contributed by atoms with Crippen molar-refractivity contribution in [3.8, 4) is 0 Å². The summed E-state index contributed by atoms with van der Waals surface area (Å²) in [5.41, 5.74) is 2.72. The number of hydrogen-bond acceptors (Lipinski definition) is 6. The molecular formula is C19H19FN4OS2. The number of anilines is 1. The summed E-state index contributed by atoms with van der Waals surface area (Å²) >= 11 is 2.82. The Morgan fingerprint density at radius 3 is 2.41 bits per heavy atom. The summed E-state index contributed by atoms with van der Waals surface area (Å²) in [6.45, 7) is 0.826. The van der Waals surface area contributed by atoms with E-state index in [-0.39, 0.29) is 11.7 Å². The number of carbonyl (C=O) groups is 1. The summed E-state index contributed by atoms with van der Waals surface area (Å²) in [7, 11) is 4.00. The Balaban J connectivity index is 1.55. The zero-order valence-corrected chi connectivity index (χ0v) is 16.6. The summed E-state index contributed by atoms with van der Waals surface area (Å²) in [6, 6.07) is 13.9. The zero-order valence-electron chi connectivity index (χ0n) is 15.0. The number of nitrogens with one attached hydrogen (secondary N) is 1. The molecule has 0 radical (unpaired) electrons. The van der Waals surface area contributed by atoms with Crippen LogP contribution in [0.25, 0.3) is 0 Å². The van der Waals surface area contributed by atoms with Crippen molar-refractivity contribution in [2.75, 3.05) is 19.4 Å². The van der Waals surface area contributed by atoms with Gasteiger partial charge in [-0.05, 0) is 49.5 Å². The lowest BCUT2D eigenvalue weighted by Gasteiger charge is -2.09. The van der Waals surface area contributed by atoms with E-state index in [4.69, 9.17) is 0 Å². The predicted molar refractivity (Wildman–Crippen MR) is 108 cm³/mol. The number of rotatable bonds is 7. The molecule has 0 saturated carbocycles. The third kappa shape index (κ3) is 5.85. The minimum absolute atomic E-state index is 0.211. The zero-order chi connectivity index (χ0) is 19.2. The van der Waals surface area contributed by atoms with Gasteiger partial charge in [0, 0.05) is 17.9 Å². The normalized spacial score (nSPS) is 11.0. The quantitative estimate of drug-likeness (QED) is 0.472. The second-order valence-corrected chi connectivity index (χ2v) is 8.38. The summed E-state index contributed by atoms with van der Waals surface area (Å²) in [5, 5.41) is 11.3. The second-order valence-electron chi connectivity index (χ2n) is 6.18. The first kappa shape index (κ1) is 19.5. The number of carbonyl (C=O) groups excluding carboxylic acids is 1. The van der Waals surface area contributed by atoms with Crippen molar-refractivity contribution in [3.63, 3.8) is 0 Å². The topological polar surface area (TPSA) is 58.1 Å². The Bertz CT molecular complexity index is 895. The first-order valence-corrected chi connectivity index (χ1v) is 10.1. The first-order chi connectivity index (χ1) is 13.0. The molecule has 0 atom stereocenters. The summed E-state index contributed by atoms with van der Waals surface area (Å²) in [6.07, 6.45) is 0. The van der Waals surface area contributed by atoms with Crippen LogP contribution in [0.5, 0.6) is 0 Å². The smallest absolute Gasteiger partial charge is 0.257 e. The number of hydrogen-bond donors (Lipinski definition) is 1. The van der Waals surface area contributed by atoms with Crippen molar-refractivity contribution in [1.82, 2.24) is 15.1 Å². The standard InChI is InChI=1S/C19H19FN4OS2/c1-24(2)11-13-3-7-15(8-4-13)17(25)21-18-22-23-19(27-18)26-12-14-5-9-16(20)10-6-14/h3-10H,11-12H2,1-2H3,(H,21,22,25). The molecule has 27 heavy (non-hydrogen) atoms. The van der Waals surface area contributed by atoms with Gasteiger partial charge in [0.05, 0.1) is 0 Å². The molecule has 0 aliphatic rings. The molecule has 0 unspecified atom stereocenters. The molecule has 1 amide bonds. The average molecular weight is 403 g/mol. The van der Waals surface area contributed by atoms with Gasteiger partial charge in [0.2, 0.25) is 5.13 Å². The molecule has 5 nitrogen and oxygen atoms in total. The van der Waals surface area contributed by atoms with Gasteiger partial charge < -0.3 is 4.90 Å². The third-order valence-corrected chi connectivity index (χ3v) is 5.66. The van der Waals surface area contributed by atoms with Crippen molar-refractivity contribution in [2.45, 2.75) is 16.6 Å². The van der Waals surface area contributed by atoms with Gasteiger partial charge in [-0.2, -0.15) is 0 Å². The highest BCUT2D eigenvalue weighted by atomic mass is 32.2. The molecule has 3 aromatic rings. The van der Waals surface area contributed by atoms with Gasteiger partial charge in [-0.1, -0.05) is 47.4 Å². The van der Waals surface area contributed by atoms with E-state index in [1.165, 1.54) is 35.2 Å². The molecule has 8 heteroatoms. The highest BCUT2D eigenvalue weighted by molar-refractivity contribution is 8.00. The molecule has 0 bridgehead atoms. The molecular weight excluding hydrogens is 383 g/mol. The molecule has 0 saturated heterocycles. The van der Waals surface area contributed by atoms with Crippen LogP contribution in [0.1, 0.15) is 21.5 Å². The minimum atomic E-state index is -0.251. The molecule has 1 N–H and O–H groups in total. The van der Waals surface area contributed by atoms with Gasteiger partial charge in [0.1, 0.15) is 5.82 Å². The lowest BCUT2D eigenvalue weighted by Crippen LogP contribution is -2.13. The van der Waals surface area contributed by atoms with E-state index in [1.54, 1.807) is 24.3 Å². The van der Waals surface area contributed by atoms with Crippen molar-refractivity contribution in [2.24, 2.45) is 0 Å². The van der Waals surface area contributed by atoms with Crippen LogP contribution >= 0.6 is 23.1 Å². The number of nitrogens with zero attached hydrogens (tertiary/aromatic N) is 3. The summed E-state index contributed by atoms with van der Waals surface area (Å²) < 4.78 is 13.7. The van der Waals surface area contributed by atoms with E-state index >= 15 is 0 Å². The van der Waals surface area contributed by atoms with Crippen LogP contribution in [0, 0.1) is 5.82 Å². The fourth-order valence-electron chi connectivity index (χ4n) is 2.34. The number of amides is 1.